The van der Waals surface area contributed by atoms with Gasteiger partial charge in [0.15, 0.2) is 0 Å². The van der Waals surface area contributed by atoms with Gasteiger partial charge in [-0.05, 0) is 23.8 Å². The predicted molar refractivity (Wildman–Crippen MR) is 79.7 cm³/mol. The molecule has 3 rings (SSSR count). The van der Waals surface area contributed by atoms with Crippen molar-refractivity contribution >= 4 is 22.6 Å². The monoisotopic (exact) mass is 270 g/mol. The Bertz CT molecular complexity index is 701. The van der Waals surface area contributed by atoms with Gasteiger partial charge in [-0.15, -0.1) is 0 Å². The summed E-state index contributed by atoms with van der Waals surface area (Å²) in [6, 6.07) is 16.4. The van der Waals surface area contributed by atoms with E-state index in [0.29, 0.717) is 0 Å². The number of rotatable bonds is 3. The zero-order chi connectivity index (χ0) is 13.2. The van der Waals surface area contributed by atoms with Crippen molar-refractivity contribution in [1.29, 1.82) is 0 Å². The Hall–Kier alpha value is -1.80. The highest BCUT2D eigenvalue weighted by Gasteiger charge is 2.09. The fraction of sp³-hybridized carbons (Fsp3) is 0.188. The van der Waals surface area contributed by atoms with Crippen molar-refractivity contribution in [1.82, 2.24) is 9.55 Å². The summed E-state index contributed by atoms with van der Waals surface area (Å²) in [5, 5.41) is 0.736. The van der Waals surface area contributed by atoms with E-state index in [2.05, 4.69) is 40.7 Å². The summed E-state index contributed by atoms with van der Waals surface area (Å²) in [7, 11) is 0. The summed E-state index contributed by atoms with van der Waals surface area (Å²) >= 11 is 6.03. The summed E-state index contributed by atoms with van der Waals surface area (Å²) in [4.78, 5) is 4.67. The van der Waals surface area contributed by atoms with Crippen LogP contribution < -0.4 is 0 Å². The molecule has 2 aromatic carbocycles. The van der Waals surface area contributed by atoms with Gasteiger partial charge in [-0.25, -0.2) is 4.98 Å². The third-order valence-electron chi connectivity index (χ3n) is 3.29. The van der Waals surface area contributed by atoms with E-state index in [0.717, 1.165) is 34.8 Å². The van der Waals surface area contributed by atoms with Crippen LogP contribution >= 0.6 is 11.6 Å². The third-order valence-corrected chi connectivity index (χ3v) is 3.52. The molecule has 0 saturated carbocycles. The molecule has 0 radical (unpaired) electrons. The van der Waals surface area contributed by atoms with E-state index >= 15 is 0 Å². The molecule has 3 aromatic rings. The fourth-order valence-electron chi connectivity index (χ4n) is 2.37. The smallest absolute Gasteiger partial charge is 0.109 e. The average Bonchev–Trinajstić information content (AvgIpc) is 2.77. The first-order valence-corrected chi connectivity index (χ1v) is 6.84. The SMILES string of the molecule is CCc1nc2cc(Cl)ccc2n1Cc1ccccc1. The Morgan fingerprint density at radius 3 is 2.63 bits per heavy atom. The van der Waals surface area contributed by atoms with Crippen LogP contribution in [-0.2, 0) is 13.0 Å². The van der Waals surface area contributed by atoms with Crippen molar-refractivity contribution in [3.63, 3.8) is 0 Å². The van der Waals surface area contributed by atoms with Crippen molar-refractivity contribution in [2.45, 2.75) is 19.9 Å². The largest absolute Gasteiger partial charge is 0.323 e. The maximum Gasteiger partial charge on any atom is 0.109 e. The highest BCUT2D eigenvalue weighted by Crippen LogP contribution is 2.22. The minimum absolute atomic E-state index is 0.736. The molecule has 0 saturated heterocycles. The van der Waals surface area contributed by atoms with Crippen LogP contribution in [0.4, 0.5) is 0 Å². The van der Waals surface area contributed by atoms with Crippen molar-refractivity contribution in [3.05, 3.63) is 64.9 Å². The number of nitrogens with zero attached hydrogens (tertiary/aromatic N) is 2. The minimum atomic E-state index is 0.736. The Labute approximate surface area is 117 Å². The second kappa shape index (κ2) is 5.06. The van der Waals surface area contributed by atoms with E-state index in [1.54, 1.807) is 0 Å². The van der Waals surface area contributed by atoms with Crippen molar-refractivity contribution < 1.29 is 0 Å². The predicted octanol–water partition coefficient (Wildman–Crippen LogP) is 4.30. The zero-order valence-corrected chi connectivity index (χ0v) is 11.6. The van der Waals surface area contributed by atoms with Crippen LogP contribution in [0.3, 0.4) is 0 Å². The molecule has 0 amide bonds. The average molecular weight is 271 g/mol. The van der Waals surface area contributed by atoms with Crippen molar-refractivity contribution in [3.8, 4) is 0 Å². The van der Waals surface area contributed by atoms with E-state index in [-0.39, 0.29) is 0 Å². The van der Waals surface area contributed by atoms with E-state index in [4.69, 9.17) is 11.6 Å². The van der Waals surface area contributed by atoms with Gasteiger partial charge in [-0.3, -0.25) is 0 Å². The summed E-state index contributed by atoms with van der Waals surface area (Å²) in [5.74, 6) is 1.10. The molecule has 0 aliphatic rings. The molecule has 0 N–H and O–H groups in total. The molecule has 96 valence electrons. The fourth-order valence-corrected chi connectivity index (χ4v) is 2.53. The number of aromatic nitrogens is 2. The third kappa shape index (κ3) is 2.36. The molecule has 0 fully saturated rings. The molecule has 0 atom stereocenters. The lowest BCUT2D eigenvalue weighted by Crippen LogP contribution is -2.04. The van der Waals surface area contributed by atoms with Crippen LogP contribution in [0.5, 0.6) is 0 Å². The number of hydrogen-bond donors (Lipinski definition) is 0. The van der Waals surface area contributed by atoms with Crippen LogP contribution in [-0.4, -0.2) is 9.55 Å². The molecule has 0 aliphatic carbocycles. The first kappa shape index (κ1) is 12.2. The van der Waals surface area contributed by atoms with Gasteiger partial charge >= 0.3 is 0 Å². The summed E-state index contributed by atoms with van der Waals surface area (Å²) in [5.41, 5.74) is 3.40. The molecule has 0 bridgehead atoms. The Kier molecular flexibility index (Phi) is 3.26. The standard InChI is InChI=1S/C16H15ClN2/c1-2-16-18-14-10-13(17)8-9-15(14)19(16)11-12-6-4-3-5-7-12/h3-10H,2,11H2,1H3. The molecule has 0 spiro atoms. The van der Waals surface area contributed by atoms with Crippen LogP contribution in [0.25, 0.3) is 11.0 Å². The molecule has 1 aromatic heterocycles. The van der Waals surface area contributed by atoms with E-state index in [1.165, 1.54) is 5.56 Å². The molecular formula is C16H15ClN2. The number of hydrogen-bond acceptors (Lipinski definition) is 1. The first-order chi connectivity index (χ1) is 9.28. The second-order valence-electron chi connectivity index (χ2n) is 4.59. The topological polar surface area (TPSA) is 17.8 Å². The summed E-state index contributed by atoms with van der Waals surface area (Å²) in [6.07, 6.45) is 0.916. The van der Waals surface area contributed by atoms with Gasteiger partial charge in [0.25, 0.3) is 0 Å². The molecule has 1 heterocycles. The van der Waals surface area contributed by atoms with Gasteiger partial charge in [0.05, 0.1) is 11.0 Å². The van der Waals surface area contributed by atoms with Crippen LogP contribution in [0.1, 0.15) is 18.3 Å². The summed E-state index contributed by atoms with van der Waals surface area (Å²) < 4.78 is 2.26. The van der Waals surface area contributed by atoms with Gasteiger partial charge in [-0.2, -0.15) is 0 Å². The van der Waals surface area contributed by atoms with Gasteiger partial charge in [0.2, 0.25) is 0 Å². The number of benzene rings is 2. The Balaban J connectivity index is 2.11. The first-order valence-electron chi connectivity index (χ1n) is 6.46. The van der Waals surface area contributed by atoms with Gasteiger partial charge in [-0.1, -0.05) is 48.9 Å². The molecule has 0 aliphatic heterocycles. The molecule has 2 nitrogen and oxygen atoms in total. The van der Waals surface area contributed by atoms with Crippen LogP contribution in [0.2, 0.25) is 5.02 Å². The number of aryl methyl sites for hydroxylation is 1. The lowest BCUT2D eigenvalue weighted by atomic mass is 10.2. The van der Waals surface area contributed by atoms with Gasteiger partial charge in [0.1, 0.15) is 5.82 Å². The van der Waals surface area contributed by atoms with Gasteiger partial charge in [0, 0.05) is 18.0 Å². The van der Waals surface area contributed by atoms with E-state index in [1.807, 2.05) is 24.3 Å². The normalized spacial score (nSPS) is 11.1. The maximum absolute atomic E-state index is 6.03. The zero-order valence-electron chi connectivity index (χ0n) is 10.8. The quantitative estimate of drug-likeness (QED) is 0.694. The van der Waals surface area contributed by atoms with Crippen molar-refractivity contribution in [2.75, 3.05) is 0 Å². The Morgan fingerprint density at radius 1 is 1.11 bits per heavy atom. The maximum atomic E-state index is 6.03. The molecule has 0 unspecified atom stereocenters. The molecular weight excluding hydrogens is 256 g/mol. The van der Waals surface area contributed by atoms with Crippen LogP contribution in [0.15, 0.2) is 48.5 Å². The highest BCUT2D eigenvalue weighted by atomic mass is 35.5. The number of halogens is 1. The molecule has 3 heteroatoms. The lowest BCUT2D eigenvalue weighted by molar-refractivity contribution is 0.753. The number of imidazole rings is 1. The highest BCUT2D eigenvalue weighted by molar-refractivity contribution is 6.31. The minimum Gasteiger partial charge on any atom is -0.323 e. The van der Waals surface area contributed by atoms with E-state index < -0.39 is 0 Å². The van der Waals surface area contributed by atoms with Gasteiger partial charge < -0.3 is 4.57 Å². The number of fused-ring (bicyclic) bond motifs is 1. The van der Waals surface area contributed by atoms with E-state index in [9.17, 15) is 0 Å². The van der Waals surface area contributed by atoms with Crippen molar-refractivity contribution in [2.24, 2.45) is 0 Å². The lowest BCUT2D eigenvalue weighted by Gasteiger charge is -2.08. The van der Waals surface area contributed by atoms with Crippen LogP contribution in [0, 0.1) is 0 Å². The molecule has 19 heavy (non-hydrogen) atoms. The second-order valence-corrected chi connectivity index (χ2v) is 5.02. The Morgan fingerprint density at radius 2 is 1.89 bits per heavy atom. The summed E-state index contributed by atoms with van der Waals surface area (Å²) in [6.45, 7) is 2.98.